The van der Waals surface area contributed by atoms with Gasteiger partial charge in [0.05, 0.1) is 0 Å². The molecule has 1 aliphatic carbocycles. The van der Waals surface area contributed by atoms with E-state index < -0.39 is 11.6 Å². The smallest absolute Gasteiger partial charge is 0.246 e. The van der Waals surface area contributed by atoms with Gasteiger partial charge in [-0.05, 0) is 50.3 Å². The van der Waals surface area contributed by atoms with Crippen LogP contribution in [0.5, 0.6) is 0 Å². The minimum absolute atomic E-state index is 0.00388. The van der Waals surface area contributed by atoms with Gasteiger partial charge in [0.2, 0.25) is 11.8 Å². The molecule has 2 fully saturated rings. The van der Waals surface area contributed by atoms with Crippen molar-refractivity contribution in [3.05, 3.63) is 30.1 Å². The van der Waals surface area contributed by atoms with Crippen molar-refractivity contribution < 1.29 is 9.59 Å². The van der Waals surface area contributed by atoms with Gasteiger partial charge in [0, 0.05) is 18.9 Å². The summed E-state index contributed by atoms with van der Waals surface area (Å²) in [6.07, 6.45) is 5.44. The first-order valence-electron chi connectivity index (χ1n) is 7.05. The summed E-state index contributed by atoms with van der Waals surface area (Å²) in [5.41, 5.74) is 0.287. The molecule has 5 nitrogen and oxygen atoms in total. The van der Waals surface area contributed by atoms with Gasteiger partial charge >= 0.3 is 0 Å². The van der Waals surface area contributed by atoms with Crippen LogP contribution in [0.1, 0.15) is 32.3 Å². The second-order valence-corrected chi connectivity index (χ2v) is 5.90. The molecular weight excluding hydrogens is 254 g/mol. The van der Waals surface area contributed by atoms with Gasteiger partial charge in [-0.25, -0.2) is 0 Å². The van der Waals surface area contributed by atoms with E-state index in [1.54, 1.807) is 24.2 Å². The Morgan fingerprint density at radius 1 is 1.35 bits per heavy atom. The molecule has 2 heterocycles. The summed E-state index contributed by atoms with van der Waals surface area (Å²) < 4.78 is 0. The van der Waals surface area contributed by atoms with Gasteiger partial charge in [0.1, 0.15) is 11.6 Å². The van der Waals surface area contributed by atoms with E-state index in [9.17, 15) is 9.59 Å². The fraction of sp³-hybridized carbons (Fsp3) is 0.533. The Balaban J connectivity index is 1.94. The third-order valence-corrected chi connectivity index (χ3v) is 4.47. The summed E-state index contributed by atoms with van der Waals surface area (Å²) in [6, 6.07) is 3.33. The molecule has 1 saturated heterocycles. The highest BCUT2D eigenvalue weighted by atomic mass is 16.2. The average molecular weight is 273 g/mol. The SMILES string of the molecule is CC1NC(=O)C(C)(C2CC2)N(Cc2ccncc2)C1=O. The first-order valence-corrected chi connectivity index (χ1v) is 7.05. The monoisotopic (exact) mass is 273 g/mol. The van der Waals surface area contributed by atoms with Gasteiger partial charge in [-0.1, -0.05) is 0 Å². The number of carbonyl (C=O) groups is 2. The van der Waals surface area contributed by atoms with E-state index in [0.717, 1.165) is 18.4 Å². The van der Waals surface area contributed by atoms with Crippen LogP contribution in [0.4, 0.5) is 0 Å². The second-order valence-electron chi connectivity index (χ2n) is 5.90. The van der Waals surface area contributed by atoms with Crippen molar-refractivity contribution >= 4 is 11.8 Å². The molecule has 1 aliphatic heterocycles. The number of nitrogens with zero attached hydrogens (tertiary/aromatic N) is 2. The van der Waals surface area contributed by atoms with E-state index in [0.29, 0.717) is 6.54 Å². The predicted molar refractivity (Wildman–Crippen MR) is 73.5 cm³/mol. The topological polar surface area (TPSA) is 62.3 Å². The van der Waals surface area contributed by atoms with E-state index in [2.05, 4.69) is 10.3 Å². The Hall–Kier alpha value is -1.91. The molecule has 2 atom stereocenters. The van der Waals surface area contributed by atoms with Crippen LogP contribution in [0.2, 0.25) is 0 Å². The molecule has 1 N–H and O–H groups in total. The van der Waals surface area contributed by atoms with Crippen molar-refractivity contribution in [2.45, 2.75) is 44.8 Å². The van der Waals surface area contributed by atoms with E-state index in [4.69, 9.17) is 0 Å². The molecule has 1 saturated carbocycles. The lowest BCUT2D eigenvalue weighted by Crippen LogP contribution is -2.69. The molecule has 1 aromatic heterocycles. The van der Waals surface area contributed by atoms with Crippen LogP contribution in [0.15, 0.2) is 24.5 Å². The number of rotatable bonds is 3. The summed E-state index contributed by atoms with van der Waals surface area (Å²) >= 11 is 0. The lowest BCUT2D eigenvalue weighted by molar-refractivity contribution is -0.158. The highest BCUT2D eigenvalue weighted by molar-refractivity contribution is 5.99. The highest BCUT2D eigenvalue weighted by Gasteiger charge is 2.56. The molecule has 3 rings (SSSR count). The molecule has 1 aromatic rings. The first-order chi connectivity index (χ1) is 9.53. The minimum Gasteiger partial charge on any atom is -0.343 e. The van der Waals surface area contributed by atoms with Crippen molar-refractivity contribution in [1.29, 1.82) is 0 Å². The normalized spacial score (nSPS) is 30.3. The van der Waals surface area contributed by atoms with E-state index in [1.165, 1.54) is 0 Å². The number of amides is 2. The lowest BCUT2D eigenvalue weighted by atomic mass is 9.88. The fourth-order valence-corrected chi connectivity index (χ4v) is 2.95. The Kier molecular flexibility index (Phi) is 3.00. The number of hydrogen-bond donors (Lipinski definition) is 1. The number of piperazine rings is 1. The summed E-state index contributed by atoms with van der Waals surface area (Å²) in [5, 5.41) is 2.81. The van der Waals surface area contributed by atoms with Crippen LogP contribution >= 0.6 is 0 Å². The quantitative estimate of drug-likeness (QED) is 0.897. The fourth-order valence-electron chi connectivity index (χ4n) is 2.95. The lowest BCUT2D eigenvalue weighted by Gasteiger charge is -2.46. The van der Waals surface area contributed by atoms with Gasteiger partial charge < -0.3 is 10.2 Å². The van der Waals surface area contributed by atoms with Crippen molar-refractivity contribution in [1.82, 2.24) is 15.2 Å². The number of pyridine rings is 1. The van der Waals surface area contributed by atoms with Crippen molar-refractivity contribution in [2.75, 3.05) is 0 Å². The van der Waals surface area contributed by atoms with E-state index in [1.807, 2.05) is 19.1 Å². The number of nitrogens with one attached hydrogen (secondary N) is 1. The van der Waals surface area contributed by atoms with Crippen molar-refractivity contribution in [3.8, 4) is 0 Å². The van der Waals surface area contributed by atoms with Crippen LogP contribution in [0, 0.1) is 5.92 Å². The number of carbonyl (C=O) groups excluding carboxylic acids is 2. The third kappa shape index (κ3) is 1.97. The molecular formula is C15H19N3O2. The van der Waals surface area contributed by atoms with Gasteiger partial charge in [0.25, 0.3) is 0 Å². The highest BCUT2D eigenvalue weighted by Crippen LogP contribution is 2.45. The van der Waals surface area contributed by atoms with Gasteiger partial charge in [-0.15, -0.1) is 0 Å². The molecule has 2 aliphatic rings. The summed E-state index contributed by atoms with van der Waals surface area (Å²) in [4.78, 5) is 30.7. The molecule has 20 heavy (non-hydrogen) atoms. The van der Waals surface area contributed by atoms with E-state index >= 15 is 0 Å². The Bertz CT molecular complexity index is 541. The average Bonchev–Trinajstić information content (AvgIpc) is 3.27. The number of hydrogen-bond acceptors (Lipinski definition) is 3. The Morgan fingerprint density at radius 2 is 2.00 bits per heavy atom. The number of aromatic nitrogens is 1. The molecule has 0 radical (unpaired) electrons. The Labute approximate surface area is 118 Å². The maximum absolute atomic E-state index is 12.5. The molecule has 0 spiro atoms. The van der Waals surface area contributed by atoms with Crippen LogP contribution in [0.25, 0.3) is 0 Å². The van der Waals surface area contributed by atoms with Gasteiger partial charge in [-0.3, -0.25) is 14.6 Å². The zero-order valence-corrected chi connectivity index (χ0v) is 11.8. The molecule has 0 bridgehead atoms. The predicted octanol–water partition coefficient (Wildman–Crippen LogP) is 1.10. The van der Waals surface area contributed by atoms with Crippen molar-refractivity contribution in [3.63, 3.8) is 0 Å². The molecule has 2 amide bonds. The maximum Gasteiger partial charge on any atom is 0.246 e. The first kappa shape index (κ1) is 13.1. The van der Waals surface area contributed by atoms with Crippen molar-refractivity contribution in [2.24, 2.45) is 5.92 Å². The molecule has 5 heteroatoms. The Morgan fingerprint density at radius 3 is 2.60 bits per heavy atom. The van der Waals surface area contributed by atoms with Crippen LogP contribution < -0.4 is 5.32 Å². The van der Waals surface area contributed by atoms with E-state index in [-0.39, 0.29) is 17.7 Å². The minimum atomic E-state index is -0.715. The second kappa shape index (κ2) is 4.58. The summed E-state index contributed by atoms with van der Waals surface area (Å²) in [6.45, 7) is 4.10. The van der Waals surface area contributed by atoms with Crippen LogP contribution in [-0.4, -0.2) is 33.3 Å². The molecule has 106 valence electrons. The third-order valence-electron chi connectivity index (χ3n) is 4.47. The van der Waals surface area contributed by atoms with Gasteiger partial charge in [-0.2, -0.15) is 0 Å². The zero-order chi connectivity index (χ0) is 14.3. The molecule has 0 aromatic carbocycles. The zero-order valence-electron chi connectivity index (χ0n) is 11.8. The largest absolute Gasteiger partial charge is 0.343 e. The van der Waals surface area contributed by atoms with Gasteiger partial charge in [0.15, 0.2) is 0 Å². The maximum atomic E-state index is 12.5. The van der Waals surface area contributed by atoms with Crippen LogP contribution in [0.3, 0.4) is 0 Å². The molecule has 2 unspecified atom stereocenters. The standard InChI is InChI=1S/C15H19N3O2/c1-10-13(19)18(9-11-5-7-16-8-6-11)15(2,12-3-4-12)14(20)17-10/h5-8,10,12H,3-4,9H2,1-2H3,(H,17,20). The summed E-state index contributed by atoms with van der Waals surface area (Å²) in [7, 11) is 0. The van der Waals surface area contributed by atoms with Crippen LogP contribution in [-0.2, 0) is 16.1 Å². The summed E-state index contributed by atoms with van der Waals surface area (Å²) in [5.74, 6) is 0.248.